The third-order valence-electron chi connectivity index (χ3n) is 3.42. The van der Waals surface area contributed by atoms with Gasteiger partial charge in [-0.3, -0.25) is 4.99 Å². The Kier molecular flexibility index (Phi) is 5.87. The third-order valence-corrected chi connectivity index (χ3v) is 3.42. The molecule has 1 heterocycles. The number of guanidine groups is 1. The van der Waals surface area contributed by atoms with E-state index in [1.165, 1.54) is 11.3 Å². The monoisotopic (exact) mass is 290 g/mol. The van der Waals surface area contributed by atoms with Crippen LogP contribution in [0.4, 0.5) is 5.69 Å². The van der Waals surface area contributed by atoms with E-state index in [9.17, 15) is 0 Å². The maximum absolute atomic E-state index is 5.38. The number of hydrogen-bond donors (Lipinski definition) is 2. The maximum Gasteiger partial charge on any atom is 0.191 e. The van der Waals surface area contributed by atoms with Crippen LogP contribution in [0.1, 0.15) is 19.4 Å². The lowest BCUT2D eigenvalue weighted by molar-refractivity contribution is 0.122. The largest absolute Gasteiger partial charge is 0.378 e. The van der Waals surface area contributed by atoms with Gasteiger partial charge >= 0.3 is 0 Å². The Morgan fingerprint density at radius 3 is 2.48 bits per heavy atom. The maximum atomic E-state index is 5.38. The number of anilines is 1. The summed E-state index contributed by atoms with van der Waals surface area (Å²) in [5, 5.41) is 6.60. The van der Waals surface area contributed by atoms with Gasteiger partial charge < -0.3 is 20.3 Å². The average molecular weight is 290 g/mol. The molecule has 1 aliphatic heterocycles. The molecule has 1 aromatic carbocycles. The highest BCUT2D eigenvalue weighted by atomic mass is 16.5. The van der Waals surface area contributed by atoms with Crippen LogP contribution in [0.25, 0.3) is 0 Å². The molecule has 5 nitrogen and oxygen atoms in total. The number of nitrogens with zero attached hydrogens (tertiary/aromatic N) is 2. The van der Waals surface area contributed by atoms with E-state index in [1.54, 1.807) is 7.05 Å². The molecule has 5 heteroatoms. The van der Waals surface area contributed by atoms with Crippen molar-refractivity contribution in [3.05, 3.63) is 29.8 Å². The van der Waals surface area contributed by atoms with Gasteiger partial charge in [-0.25, -0.2) is 0 Å². The van der Waals surface area contributed by atoms with E-state index in [-0.39, 0.29) is 0 Å². The van der Waals surface area contributed by atoms with Gasteiger partial charge in [-0.1, -0.05) is 12.1 Å². The van der Waals surface area contributed by atoms with E-state index >= 15 is 0 Å². The second kappa shape index (κ2) is 7.88. The molecule has 1 aromatic rings. The average Bonchev–Trinajstić information content (AvgIpc) is 2.52. The first-order valence-corrected chi connectivity index (χ1v) is 7.58. The Hall–Kier alpha value is -1.75. The number of hydrogen-bond acceptors (Lipinski definition) is 3. The van der Waals surface area contributed by atoms with Gasteiger partial charge in [0.15, 0.2) is 5.96 Å². The van der Waals surface area contributed by atoms with Gasteiger partial charge in [-0.05, 0) is 31.5 Å². The van der Waals surface area contributed by atoms with Gasteiger partial charge in [-0.2, -0.15) is 0 Å². The smallest absolute Gasteiger partial charge is 0.191 e. The Labute approximate surface area is 127 Å². The predicted octanol–water partition coefficient (Wildman–Crippen LogP) is 1.60. The molecule has 0 aromatic heterocycles. The molecular formula is C16H26N4O. The lowest BCUT2D eigenvalue weighted by Crippen LogP contribution is -2.40. The summed E-state index contributed by atoms with van der Waals surface area (Å²) in [6, 6.07) is 9.07. The summed E-state index contributed by atoms with van der Waals surface area (Å²) >= 11 is 0. The van der Waals surface area contributed by atoms with E-state index in [4.69, 9.17) is 4.74 Å². The highest BCUT2D eigenvalue weighted by Crippen LogP contribution is 2.16. The summed E-state index contributed by atoms with van der Waals surface area (Å²) in [6.07, 6.45) is 0. The molecule has 116 valence electrons. The van der Waals surface area contributed by atoms with Crippen molar-refractivity contribution in [3.8, 4) is 0 Å². The molecule has 0 atom stereocenters. The summed E-state index contributed by atoms with van der Waals surface area (Å²) in [5.41, 5.74) is 2.52. The minimum Gasteiger partial charge on any atom is -0.378 e. The number of nitrogens with one attached hydrogen (secondary N) is 2. The zero-order chi connectivity index (χ0) is 15.1. The van der Waals surface area contributed by atoms with Crippen molar-refractivity contribution in [2.75, 3.05) is 38.3 Å². The number of benzene rings is 1. The highest BCUT2D eigenvalue weighted by Gasteiger charge is 2.10. The van der Waals surface area contributed by atoms with E-state index in [0.29, 0.717) is 6.04 Å². The lowest BCUT2D eigenvalue weighted by Gasteiger charge is -2.29. The van der Waals surface area contributed by atoms with Gasteiger partial charge in [0, 0.05) is 38.4 Å². The van der Waals surface area contributed by atoms with E-state index in [1.807, 2.05) is 0 Å². The van der Waals surface area contributed by atoms with Gasteiger partial charge in [0.25, 0.3) is 0 Å². The summed E-state index contributed by atoms with van der Waals surface area (Å²) in [6.45, 7) is 8.57. The first-order valence-electron chi connectivity index (χ1n) is 7.58. The molecule has 2 rings (SSSR count). The van der Waals surface area contributed by atoms with Crippen LogP contribution in [0.2, 0.25) is 0 Å². The fourth-order valence-electron chi connectivity index (χ4n) is 2.30. The minimum absolute atomic E-state index is 0.375. The molecule has 0 aliphatic carbocycles. The number of rotatable bonds is 4. The Balaban J connectivity index is 1.87. The van der Waals surface area contributed by atoms with Crippen LogP contribution in [0, 0.1) is 0 Å². The quantitative estimate of drug-likeness (QED) is 0.653. The molecular weight excluding hydrogens is 264 g/mol. The molecule has 1 aliphatic rings. The van der Waals surface area contributed by atoms with Gasteiger partial charge in [0.05, 0.1) is 13.2 Å². The Morgan fingerprint density at radius 1 is 1.24 bits per heavy atom. The first-order chi connectivity index (χ1) is 10.2. The second-order valence-electron chi connectivity index (χ2n) is 5.49. The van der Waals surface area contributed by atoms with E-state index in [0.717, 1.165) is 38.8 Å². The standard InChI is InChI=1S/C16H26N4O/c1-13(2)19-16(17-3)18-12-14-4-6-15(7-5-14)20-8-10-21-11-9-20/h4-7,13H,8-12H2,1-3H3,(H2,17,18,19). The van der Waals surface area contributed by atoms with Crippen molar-refractivity contribution in [1.29, 1.82) is 0 Å². The van der Waals surface area contributed by atoms with Crippen molar-refractivity contribution in [2.24, 2.45) is 4.99 Å². The summed E-state index contributed by atoms with van der Waals surface area (Å²) in [5.74, 6) is 0.835. The minimum atomic E-state index is 0.375. The number of aliphatic imine (C=N–C) groups is 1. The summed E-state index contributed by atoms with van der Waals surface area (Å²) in [7, 11) is 1.79. The van der Waals surface area contributed by atoms with E-state index < -0.39 is 0 Å². The normalized spacial score (nSPS) is 16.2. The van der Waals surface area contributed by atoms with Gasteiger partial charge in [0.1, 0.15) is 0 Å². The molecule has 0 saturated carbocycles. The molecule has 0 amide bonds. The van der Waals surface area contributed by atoms with Crippen LogP contribution in [0.15, 0.2) is 29.3 Å². The Bertz CT molecular complexity index is 450. The predicted molar refractivity (Wildman–Crippen MR) is 87.9 cm³/mol. The SMILES string of the molecule is CN=C(NCc1ccc(N2CCOCC2)cc1)NC(C)C. The van der Waals surface area contributed by atoms with Crippen LogP contribution < -0.4 is 15.5 Å². The van der Waals surface area contributed by atoms with Gasteiger partial charge in [-0.15, -0.1) is 0 Å². The first kappa shape index (κ1) is 15.6. The van der Waals surface area contributed by atoms with Crippen LogP contribution in [0.3, 0.4) is 0 Å². The fourth-order valence-corrected chi connectivity index (χ4v) is 2.30. The van der Waals surface area contributed by atoms with Crippen LogP contribution in [-0.2, 0) is 11.3 Å². The van der Waals surface area contributed by atoms with Crippen LogP contribution in [0.5, 0.6) is 0 Å². The zero-order valence-electron chi connectivity index (χ0n) is 13.2. The van der Waals surface area contributed by atoms with Gasteiger partial charge in [0.2, 0.25) is 0 Å². The van der Waals surface area contributed by atoms with Crippen molar-refractivity contribution < 1.29 is 4.74 Å². The van der Waals surface area contributed by atoms with Crippen molar-refractivity contribution >= 4 is 11.6 Å². The Morgan fingerprint density at radius 2 is 1.90 bits per heavy atom. The molecule has 0 unspecified atom stereocenters. The molecule has 0 spiro atoms. The summed E-state index contributed by atoms with van der Waals surface area (Å²) in [4.78, 5) is 6.57. The molecule has 21 heavy (non-hydrogen) atoms. The number of ether oxygens (including phenoxy) is 1. The topological polar surface area (TPSA) is 48.9 Å². The molecule has 1 saturated heterocycles. The molecule has 0 bridgehead atoms. The van der Waals surface area contributed by atoms with E-state index in [2.05, 4.69) is 58.6 Å². The van der Waals surface area contributed by atoms with Crippen LogP contribution >= 0.6 is 0 Å². The third kappa shape index (κ3) is 4.93. The molecule has 2 N–H and O–H groups in total. The molecule has 0 radical (unpaired) electrons. The van der Waals surface area contributed by atoms with Crippen molar-refractivity contribution in [2.45, 2.75) is 26.4 Å². The number of morpholine rings is 1. The highest BCUT2D eigenvalue weighted by molar-refractivity contribution is 5.79. The lowest BCUT2D eigenvalue weighted by atomic mass is 10.2. The second-order valence-corrected chi connectivity index (χ2v) is 5.49. The van der Waals surface area contributed by atoms with Crippen LogP contribution in [-0.4, -0.2) is 45.4 Å². The summed E-state index contributed by atoms with van der Waals surface area (Å²) < 4.78 is 5.38. The van der Waals surface area contributed by atoms with Crippen molar-refractivity contribution in [1.82, 2.24) is 10.6 Å². The van der Waals surface area contributed by atoms with Crippen molar-refractivity contribution in [3.63, 3.8) is 0 Å². The fraction of sp³-hybridized carbons (Fsp3) is 0.562. The zero-order valence-corrected chi connectivity index (χ0v) is 13.2. The molecule has 1 fully saturated rings.